The molecule has 0 saturated carbocycles. The number of hydrogen-bond acceptors (Lipinski definition) is 6. The van der Waals surface area contributed by atoms with Crippen molar-refractivity contribution >= 4 is 40.7 Å². The summed E-state index contributed by atoms with van der Waals surface area (Å²) in [6, 6.07) is 8.70. The molecule has 27 heavy (non-hydrogen) atoms. The quantitative estimate of drug-likeness (QED) is 0.558. The van der Waals surface area contributed by atoms with Crippen LogP contribution in [0.4, 0.5) is 5.69 Å². The number of nitro benzene ring substituents is 1. The van der Waals surface area contributed by atoms with Gasteiger partial charge in [-0.1, -0.05) is 23.2 Å². The van der Waals surface area contributed by atoms with Crippen LogP contribution in [0, 0.1) is 10.1 Å². The first-order valence-electron chi connectivity index (χ1n) is 7.64. The molecule has 2 aromatic carbocycles. The predicted molar refractivity (Wildman–Crippen MR) is 99.0 cm³/mol. The number of nitrogens with zero attached hydrogens (tertiary/aromatic N) is 3. The van der Waals surface area contributed by atoms with Crippen molar-refractivity contribution in [3.63, 3.8) is 0 Å². The van der Waals surface area contributed by atoms with Crippen molar-refractivity contribution in [3.8, 4) is 5.75 Å². The summed E-state index contributed by atoms with van der Waals surface area (Å²) in [6.45, 7) is 1.33. The third-order valence-electron chi connectivity index (χ3n) is 3.80. The highest BCUT2D eigenvalue weighted by Gasteiger charge is 2.36. The van der Waals surface area contributed by atoms with Gasteiger partial charge in [-0.15, -0.1) is 5.10 Å². The second-order valence-corrected chi connectivity index (χ2v) is 6.40. The van der Waals surface area contributed by atoms with Gasteiger partial charge in [0.1, 0.15) is 5.75 Å². The fourth-order valence-corrected chi connectivity index (χ4v) is 3.18. The molecular weight excluding hydrogens is 397 g/mol. The zero-order chi connectivity index (χ0) is 19.7. The molecule has 140 valence electrons. The Morgan fingerprint density at radius 1 is 1.30 bits per heavy atom. The zero-order valence-corrected chi connectivity index (χ0v) is 15.7. The van der Waals surface area contributed by atoms with Gasteiger partial charge in [0.05, 0.1) is 22.6 Å². The van der Waals surface area contributed by atoms with Crippen LogP contribution in [-0.2, 0) is 9.53 Å². The van der Waals surface area contributed by atoms with Gasteiger partial charge in [-0.05, 0) is 24.3 Å². The van der Waals surface area contributed by atoms with Gasteiger partial charge in [-0.2, -0.15) is 5.01 Å². The Bertz CT molecular complexity index is 946. The van der Waals surface area contributed by atoms with E-state index in [4.69, 9.17) is 32.7 Å². The van der Waals surface area contributed by atoms with Crippen LogP contribution in [0.1, 0.15) is 24.3 Å². The Labute approximate surface area is 164 Å². The van der Waals surface area contributed by atoms with Gasteiger partial charge in [0, 0.05) is 29.6 Å². The number of hydrogen-bond donors (Lipinski definition) is 0. The molecule has 0 radical (unpaired) electrons. The summed E-state index contributed by atoms with van der Waals surface area (Å²) in [6.07, 6.45) is -0.946. The summed E-state index contributed by atoms with van der Waals surface area (Å²) in [4.78, 5) is 22.4. The average molecular weight is 410 g/mol. The third kappa shape index (κ3) is 3.67. The van der Waals surface area contributed by atoms with Crippen LogP contribution in [0.15, 0.2) is 41.5 Å². The maximum Gasteiger partial charge on any atom is 0.269 e. The molecule has 0 aromatic heterocycles. The molecule has 0 N–H and O–H groups in total. The molecule has 0 saturated heterocycles. The lowest BCUT2D eigenvalue weighted by molar-refractivity contribution is -0.384. The number of amides is 1. The molecule has 2 aromatic rings. The van der Waals surface area contributed by atoms with Crippen LogP contribution in [0.3, 0.4) is 0 Å². The van der Waals surface area contributed by atoms with E-state index in [1.165, 1.54) is 44.4 Å². The van der Waals surface area contributed by atoms with E-state index in [9.17, 15) is 14.9 Å². The molecular formula is C17H13Cl2N3O5. The van der Waals surface area contributed by atoms with Gasteiger partial charge in [0.15, 0.2) is 0 Å². The SMILES string of the molecule is COc1c(Cl)cc(Cl)cc1C1OC(c2ccc([N+](=O)[O-])cc2)=NN1C(C)=O. The topological polar surface area (TPSA) is 94.3 Å². The predicted octanol–water partition coefficient (Wildman–Crippen LogP) is 4.15. The summed E-state index contributed by atoms with van der Waals surface area (Å²) >= 11 is 12.3. The lowest BCUT2D eigenvalue weighted by Gasteiger charge is -2.22. The van der Waals surface area contributed by atoms with E-state index < -0.39 is 11.2 Å². The highest BCUT2D eigenvalue weighted by molar-refractivity contribution is 6.35. The fourth-order valence-electron chi connectivity index (χ4n) is 2.59. The summed E-state index contributed by atoms with van der Waals surface area (Å²) in [5.74, 6) is 0.0516. The highest BCUT2D eigenvalue weighted by Crippen LogP contribution is 2.41. The van der Waals surface area contributed by atoms with Crippen LogP contribution < -0.4 is 4.74 Å². The summed E-state index contributed by atoms with van der Waals surface area (Å²) in [5, 5.41) is 16.7. The van der Waals surface area contributed by atoms with E-state index in [1.807, 2.05) is 0 Å². The second-order valence-electron chi connectivity index (χ2n) is 5.55. The number of ether oxygens (including phenoxy) is 2. The van der Waals surface area contributed by atoms with Gasteiger partial charge in [0.2, 0.25) is 18.0 Å². The minimum Gasteiger partial charge on any atom is -0.495 e. The Balaban J connectivity index is 2.00. The number of non-ortho nitro benzene ring substituents is 1. The summed E-state index contributed by atoms with van der Waals surface area (Å²) in [7, 11) is 1.43. The zero-order valence-electron chi connectivity index (χ0n) is 14.2. The van der Waals surface area contributed by atoms with Crippen molar-refractivity contribution in [1.82, 2.24) is 5.01 Å². The maximum atomic E-state index is 12.1. The van der Waals surface area contributed by atoms with Crippen LogP contribution in [-0.4, -0.2) is 28.8 Å². The van der Waals surface area contributed by atoms with Crippen LogP contribution in [0.5, 0.6) is 5.75 Å². The molecule has 3 rings (SSSR count). The summed E-state index contributed by atoms with van der Waals surface area (Å²) in [5.41, 5.74) is 0.827. The van der Waals surface area contributed by atoms with Gasteiger partial charge >= 0.3 is 0 Å². The van der Waals surface area contributed by atoms with E-state index in [0.717, 1.165) is 5.01 Å². The Morgan fingerprint density at radius 2 is 1.96 bits per heavy atom. The Morgan fingerprint density at radius 3 is 2.52 bits per heavy atom. The van der Waals surface area contributed by atoms with Crippen LogP contribution in [0.2, 0.25) is 10.0 Å². The highest BCUT2D eigenvalue weighted by atomic mass is 35.5. The minimum absolute atomic E-state index is 0.0689. The minimum atomic E-state index is -0.946. The lowest BCUT2D eigenvalue weighted by Crippen LogP contribution is -2.25. The van der Waals surface area contributed by atoms with Gasteiger partial charge < -0.3 is 9.47 Å². The largest absolute Gasteiger partial charge is 0.495 e. The Hall–Kier alpha value is -2.84. The monoisotopic (exact) mass is 409 g/mol. The van der Waals surface area contributed by atoms with Crippen molar-refractivity contribution in [2.45, 2.75) is 13.2 Å². The molecule has 0 spiro atoms. The Kier molecular flexibility index (Phi) is 5.20. The fraction of sp³-hybridized carbons (Fsp3) is 0.176. The van der Waals surface area contributed by atoms with Gasteiger partial charge in [0.25, 0.3) is 5.69 Å². The number of benzene rings is 2. The molecule has 8 nitrogen and oxygen atoms in total. The van der Waals surface area contributed by atoms with E-state index in [0.29, 0.717) is 21.9 Å². The standard InChI is InChI=1S/C17H13Cl2N3O5/c1-9(23)21-17(13-7-11(18)8-14(19)15(13)26-2)27-16(20-21)10-3-5-12(6-4-10)22(24)25/h3-8,17H,1-2H3. The van der Waals surface area contributed by atoms with E-state index in [-0.39, 0.29) is 22.5 Å². The molecule has 1 heterocycles. The van der Waals surface area contributed by atoms with Crippen molar-refractivity contribution in [1.29, 1.82) is 0 Å². The lowest BCUT2D eigenvalue weighted by atomic mass is 10.1. The molecule has 10 heteroatoms. The van der Waals surface area contributed by atoms with E-state index >= 15 is 0 Å². The molecule has 1 amide bonds. The van der Waals surface area contributed by atoms with Crippen molar-refractivity contribution in [3.05, 3.63) is 67.7 Å². The van der Waals surface area contributed by atoms with E-state index in [2.05, 4.69) is 5.10 Å². The average Bonchev–Trinajstić information content (AvgIpc) is 3.06. The summed E-state index contributed by atoms with van der Waals surface area (Å²) < 4.78 is 11.2. The van der Waals surface area contributed by atoms with Crippen LogP contribution >= 0.6 is 23.2 Å². The number of nitro groups is 1. The first-order chi connectivity index (χ1) is 12.8. The third-order valence-corrected chi connectivity index (χ3v) is 4.30. The second kappa shape index (κ2) is 7.42. The van der Waals surface area contributed by atoms with Crippen molar-refractivity contribution < 1.29 is 19.2 Å². The van der Waals surface area contributed by atoms with Gasteiger partial charge in [-0.25, -0.2) is 0 Å². The smallest absolute Gasteiger partial charge is 0.269 e. The maximum absolute atomic E-state index is 12.1. The molecule has 1 aliphatic rings. The number of halogens is 2. The van der Waals surface area contributed by atoms with Crippen molar-refractivity contribution in [2.24, 2.45) is 5.10 Å². The number of methoxy groups -OCH3 is 1. The molecule has 1 unspecified atom stereocenters. The molecule has 1 aliphatic heterocycles. The molecule has 1 atom stereocenters. The number of hydrazone groups is 1. The first kappa shape index (κ1) is 18.9. The molecule has 0 fully saturated rings. The van der Waals surface area contributed by atoms with Gasteiger partial charge in [-0.3, -0.25) is 14.9 Å². The number of carbonyl (C=O) groups excluding carboxylic acids is 1. The first-order valence-corrected chi connectivity index (χ1v) is 8.40. The molecule has 0 aliphatic carbocycles. The number of rotatable bonds is 4. The van der Waals surface area contributed by atoms with Crippen LogP contribution in [0.25, 0.3) is 0 Å². The molecule has 0 bridgehead atoms. The van der Waals surface area contributed by atoms with E-state index in [1.54, 1.807) is 6.07 Å². The van der Waals surface area contributed by atoms with Crippen molar-refractivity contribution in [2.75, 3.05) is 7.11 Å². The number of carbonyl (C=O) groups is 1. The normalized spacial score (nSPS) is 15.9.